The van der Waals surface area contributed by atoms with Crippen LogP contribution < -0.4 is 0 Å². The first-order valence-corrected chi connectivity index (χ1v) is 8.61. The highest BCUT2D eigenvalue weighted by Gasteiger charge is 2.24. The fourth-order valence-corrected chi connectivity index (χ4v) is 3.79. The van der Waals surface area contributed by atoms with Crippen molar-refractivity contribution in [2.45, 2.75) is 11.4 Å². The molecule has 1 aromatic heterocycles. The minimum Gasteiger partial charge on any atom is -0.506 e. The smallest absolute Gasteiger partial charge is 0.243 e. The molecule has 0 spiro atoms. The quantitative estimate of drug-likeness (QED) is 0.788. The minimum atomic E-state index is -3.80. The van der Waals surface area contributed by atoms with E-state index >= 15 is 0 Å². The molecule has 124 valence electrons. The van der Waals surface area contributed by atoms with Gasteiger partial charge in [0.15, 0.2) is 0 Å². The molecule has 3 aromatic rings. The Hall–Kier alpha value is -2.51. The predicted molar refractivity (Wildman–Crippen MR) is 88.5 cm³/mol. The molecule has 0 aliphatic heterocycles. The summed E-state index contributed by atoms with van der Waals surface area (Å²) in [5, 5.41) is 10.2. The van der Waals surface area contributed by atoms with Gasteiger partial charge < -0.3 is 5.11 Å². The van der Waals surface area contributed by atoms with Crippen molar-refractivity contribution in [3.8, 4) is 5.75 Å². The van der Waals surface area contributed by atoms with E-state index in [1.54, 1.807) is 12.1 Å². The molecule has 0 fully saturated rings. The van der Waals surface area contributed by atoms with Gasteiger partial charge in [-0.3, -0.25) is 4.98 Å². The topological polar surface area (TPSA) is 70.5 Å². The van der Waals surface area contributed by atoms with E-state index in [1.165, 1.54) is 53.9 Å². The SMILES string of the molecule is CN(Cc1ccc(F)cc1)S(=O)(=O)c1ccc(O)c2ncccc12. The molecule has 0 amide bonds. The average molecular weight is 346 g/mol. The van der Waals surface area contributed by atoms with Gasteiger partial charge in [0.1, 0.15) is 17.1 Å². The zero-order chi connectivity index (χ0) is 17.3. The number of phenols is 1. The largest absolute Gasteiger partial charge is 0.506 e. The van der Waals surface area contributed by atoms with Gasteiger partial charge in [-0.1, -0.05) is 12.1 Å². The van der Waals surface area contributed by atoms with Crippen molar-refractivity contribution in [3.63, 3.8) is 0 Å². The van der Waals surface area contributed by atoms with Gasteiger partial charge in [0.2, 0.25) is 10.0 Å². The van der Waals surface area contributed by atoms with Gasteiger partial charge in [-0.25, -0.2) is 12.8 Å². The number of aromatic nitrogens is 1. The zero-order valence-electron chi connectivity index (χ0n) is 12.8. The molecule has 1 N–H and O–H groups in total. The highest BCUT2D eigenvalue weighted by Crippen LogP contribution is 2.30. The van der Waals surface area contributed by atoms with Crippen LogP contribution in [-0.4, -0.2) is 29.9 Å². The lowest BCUT2D eigenvalue weighted by Crippen LogP contribution is -2.26. The van der Waals surface area contributed by atoms with E-state index in [1.807, 2.05) is 0 Å². The lowest BCUT2D eigenvalue weighted by Gasteiger charge is -2.18. The second kappa shape index (κ2) is 6.18. The molecule has 0 unspecified atom stereocenters. The first-order valence-electron chi connectivity index (χ1n) is 7.17. The number of hydrogen-bond donors (Lipinski definition) is 1. The number of fused-ring (bicyclic) bond motifs is 1. The maximum Gasteiger partial charge on any atom is 0.243 e. The third kappa shape index (κ3) is 2.95. The first kappa shape index (κ1) is 16.4. The van der Waals surface area contributed by atoms with Crippen LogP contribution in [0.5, 0.6) is 5.75 Å². The number of pyridine rings is 1. The van der Waals surface area contributed by atoms with E-state index in [2.05, 4.69) is 4.98 Å². The molecule has 24 heavy (non-hydrogen) atoms. The normalized spacial score (nSPS) is 12.0. The van der Waals surface area contributed by atoms with Crippen molar-refractivity contribution in [2.75, 3.05) is 7.05 Å². The van der Waals surface area contributed by atoms with E-state index in [4.69, 9.17) is 0 Å². The summed E-state index contributed by atoms with van der Waals surface area (Å²) < 4.78 is 39.9. The van der Waals surface area contributed by atoms with Crippen LogP contribution in [0.4, 0.5) is 4.39 Å². The second-order valence-corrected chi connectivity index (χ2v) is 7.38. The Kier molecular flexibility index (Phi) is 4.21. The van der Waals surface area contributed by atoms with Crippen LogP contribution in [0.15, 0.2) is 59.6 Å². The van der Waals surface area contributed by atoms with Crippen molar-refractivity contribution in [1.29, 1.82) is 0 Å². The number of phenolic OH excluding ortho intramolecular Hbond substituents is 1. The Morgan fingerprint density at radius 2 is 1.83 bits per heavy atom. The molecule has 0 bridgehead atoms. The molecule has 0 saturated carbocycles. The molecule has 0 atom stereocenters. The molecular weight excluding hydrogens is 331 g/mol. The number of sulfonamides is 1. The van der Waals surface area contributed by atoms with Gasteiger partial charge in [-0.15, -0.1) is 0 Å². The summed E-state index contributed by atoms with van der Waals surface area (Å²) in [5.74, 6) is -0.453. The van der Waals surface area contributed by atoms with Crippen LogP contribution in [0.3, 0.4) is 0 Å². The third-order valence-corrected chi connectivity index (χ3v) is 5.58. The van der Waals surface area contributed by atoms with E-state index in [0.717, 1.165) is 0 Å². The average Bonchev–Trinajstić information content (AvgIpc) is 2.57. The summed E-state index contributed by atoms with van der Waals surface area (Å²) in [5.41, 5.74) is 0.900. The van der Waals surface area contributed by atoms with Crippen LogP contribution in [0.1, 0.15) is 5.56 Å². The van der Waals surface area contributed by atoms with E-state index in [0.29, 0.717) is 10.9 Å². The number of nitrogens with zero attached hydrogens (tertiary/aromatic N) is 2. The van der Waals surface area contributed by atoms with Crippen molar-refractivity contribution in [2.24, 2.45) is 0 Å². The summed E-state index contributed by atoms with van der Waals surface area (Å²) in [6, 6.07) is 11.5. The molecule has 5 nitrogen and oxygen atoms in total. The first-order chi connectivity index (χ1) is 11.4. The van der Waals surface area contributed by atoms with Crippen molar-refractivity contribution >= 4 is 20.9 Å². The molecular formula is C17H15FN2O3S. The highest BCUT2D eigenvalue weighted by molar-refractivity contribution is 7.89. The molecule has 0 aliphatic carbocycles. The summed E-state index contributed by atoms with van der Waals surface area (Å²) >= 11 is 0. The van der Waals surface area contributed by atoms with Crippen LogP contribution >= 0.6 is 0 Å². The fraction of sp³-hybridized carbons (Fsp3) is 0.118. The highest BCUT2D eigenvalue weighted by atomic mass is 32.2. The van der Waals surface area contributed by atoms with Gasteiger partial charge in [-0.2, -0.15) is 4.31 Å². The summed E-state index contributed by atoms with van der Waals surface area (Å²) in [6.45, 7) is 0.102. The van der Waals surface area contributed by atoms with Crippen molar-refractivity contribution in [3.05, 3.63) is 66.1 Å². The predicted octanol–water partition coefficient (Wildman–Crippen LogP) is 2.90. The lowest BCUT2D eigenvalue weighted by atomic mass is 10.2. The summed E-state index contributed by atoms with van der Waals surface area (Å²) in [6.07, 6.45) is 1.49. The second-order valence-electron chi connectivity index (χ2n) is 5.37. The van der Waals surface area contributed by atoms with E-state index < -0.39 is 10.0 Å². The summed E-state index contributed by atoms with van der Waals surface area (Å²) in [4.78, 5) is 4.10. The standard InChI is InChI=1S/C17H15FN2O3S/c1-20(11-12-4-6-13(18)7-5-12)24(22,23)16-9-8-15(21)17-14(16)3-2-10-19-17/h2-10,21H,11H2,1H3. The number of aromatic hydroxyl groups is 1. The van der Waals surface area contributed by atoms with Crippen molar-refractivity contribution < 1.29 is 17.9 Å². The van der Waals surface area contributed by atoms with E-state index in [-0.39, 0.29) is 28.5 Å². The molecule has 0 saturated heterocycles. The Balaban J connectivity index is 2.01. The summed E-state index contributed by atoms with van der Waals surface area (Å²) in [7, 11) is -2.35. The number of benzene rings is 2. The third-order valence-electron chi connectivity index (χ3n) is 3.72. The minimum absolute atomic E-state index is 0.0630. The zero-order valence-corrected chi connectivity index (χ0v) is 13.7. The van der Waals surface area contributed by atoms with Crippen molar-refractivity contribution in [1.82, 2.24) is 9.29 Å². The molecule has 1 heterocycles. The maximum atomic E-state index is 13.0. The maximum absolute atomic E-state index is 13.0. The fourth-order valence-electron chi connectivity index (χ4n) is 2.46. The van der Waals surface area contributed by atoms with Crippen LogP contribution in [0, 0.1) is 5.82 Å². The molecule has 0 radical (unpaired) electrons. The monoisotopic (exact) mass is 346 g/mol. The van der Waals surface area contributed by atoms with Gasteiger partial charge >= 0.3 is 0 Å². The molecule has 2 aromatic carbocycles. The number of rotatable bonds is 4. The van der Waals surface area contributed by atoms with Crippen LogP contribution in [-0.2, 0) is 16.6 Å². The molecule has 3 rings (SSSR count). The number of halogens is 1. The van der Waals surface area contributed by atoms with Gasteiger partial charge in [0, 0.05) is 25.2 Å². The Morgan fingerprint density at radius 1 is 1.12 bits per heavy atom. The van der Waals surface area contributed by atoms with E-state index in [9.17, 15) is 17.9 Å². The Labute approximate surface area is 139 Å². The van der Waals surface area contributed by atoms with Crippen LogP contribution in [0.25, 0.3) is 10.9 Å². The van der Waals surface area contributed by atoms with Gasteiger partial charge in [0.25, 0.3) is 0 Å². The van der Waals surface area contributed by atoms with Gasteiger partial charge in [-0.05, 0) is 42.0 Å². The Morgan fingerprint density at radius 3 is 2.54 bits per heavy atom. The number of hydrogen-bond acceptors (Lipinski definition) is 4. The van der Waals surface area contributed by atoms with Crippen LogP contribution in [0.2, 0.25) is 0 Å². The molecule has 7 heteroatoms. The Bertz CT molecular complexity index is 988. The van der Waals surface area contributed by atoms with Gasteiger partial charge in [0.05, 0.1) is 4.90 Å². The lowest BCUT2D eigenvalue weighted by molar-refractivity contribution is 0.466. The molecule has 0 aliphatic rings.